The largest absolute Gasteiger partial charge is 0.373 e. The van der Waals surface area contributed by atoms with Crippen molar-refractivity contribution in [3.05, 3.63) is 52.2 Å². The molecule has 2 N–H and O–H groups in total. The van der Waals surface area contributed by atoms with Crippen molar-refractivity contribution in [1.29, 1.82) is 0 Å². The zero-order valence-electron chi connectivity index (χ0n) is 11.4. The fourth-order valence-corrected chi connectivity index (χ4v) is 3.45. The van der Waals surface area contributed by atoms with Crippen LogP contribution in [0.1, 0.15) is 29.8 Å². The lowest BCUT2D eigenvalue weighted by Crippen LogP contribution is -2.40. The smallest absolute Gasteiger partial charge is 0.243 e. The van der Waals surface area contributed by atoms with Gasteiger partial charge in [-0.1, -0.05) is 31.2 Å². The van der Waals surface area contributed by atoms with E-state index in [1.165, 1.54) is 10.4 Å². The first-order valence-corrected chi connectivity index (χ1v) is 7.84. The third-order valence-corrected chi connectivity index (χ3v) is 4.68. The van der Waals surface area contributed by atoms with E-state index in [4.69, 9.17) is 0 Å². The van der Waals surface area contributed by atoms with Crippen LogP contribution in [-0.2, 0) is 11.2 Å². The predicted octanol–water partition coefficient (Wildman–Crippen LogP) is 3.35. The van der Waals surface area contributed by atoms with Gasteiger partial charge in [-0.3, -0.25) is 4.79 Å². The Morgan fingerprint density at radius 1 is 1.40 bits per heavy atom. The summed E-state index contributed by atoms with van der Waals surface area (Å²) in [6, 6.07) is 12.2. The van der Waals surface area contributed by atoms with Crippen molar-refractivity contribution in [2.75, 3.05) is 5.32 Å². The van der Waals surface area contributed by atoms with Crippen molar-refractivity contribution in [2.24, 2.45) is 0 Å². The first kappa shape index (κ1) is 13.2. The molecule has 1 aromatic carbocycles. The molecule has 0 fully saturated rings. The minimum absolute atomic E-state index is 0.0847. The van der Waals surface area contributed by atoms with Crippen LogP contribution in [0.25, 0.3) is 0 Å². The van der Waals surface area contributed by atoms with Crippen molar-refractivity contribution < 1.29 is 4.79 Å². The molecule has 0 spiro atoms. The average molecular weight is 286 g/mol. The van der Waals surface area contributed by atoms with Crippen LogP contribution < -0.4 is 10.6 Å². The number of benzene rings is 1. The molecule has 1 amide bonds. The maximum absolute atomic E-state index is 12.4. The number of thiophene rings is 1. The highest BCUT2D eigenvalue weighted by molar-refractivity contribution is 7.10. The van der Waals surface area contributed by atoms with Gasteiger partial charge in [-0.25, -0.2) is 0 Å². The van der Waals surface area contributed by atoms with Crippen molar-refractivity contribution >= 4 is 22.9 Å². The molecule has 1 aliphatic heterocycles. The van der Waals surface area contributed by atoms with Gasteiger partial charge in [-0.05, 0) is 29.5 Å². The number of hydrogen-bond donors (Lipinski definition) is 2. The number of hydrogen-bond acceptors (Lipinski definition) is 3. The third-order valence-electron chi connectivity index (χ3n) is 3.70. The van der Waals surface area contributed by atoms with Crippen molar-refractivity contribution in [3.63, 3.8) is 0 Å². The summed E-state index contributed by atoms with van der Waals surface area (Å²) in [5, 5.41) is 8.50. The number of carbonyl (C=O) groups excluding carboxylic acids is 1. The fourth-order valence-electron chi connectivity index (χ4n) is 2.59. The van der Waals surface area contributed by atoms with Crippen LogP contribution in [-0.4, -0.2) is 11.9 Å². The Balaban J connectivity index is 1.66. The van der Waals surface area contributed by atoms with E-state index in [2.05, 4.69) is 29.7 Å². The SMILES string of the molecule is CCC(NC(=O)C1Cc2ccccc2N1)c1cccs1. The second-order valence-corrected chi connectivity index (χ2v) is 6.02. The summed E-state index contributed by atoms with van der Waals surface area (Å²) in [5.74, 6) is 0.0847. The van der Waals surface area contributed by atoms with Gasteiger partial charge in [0.25, 0.3) is 0 Å². The van der Waals surface area contributed by atoms with Gasteiger partial charge in [0, 0.05) is 17.0 Å². The van der Waals surface area contributed by atoms with Gasteiger partial charge in [-0.2, -0.15) is 0 Å². The number of nitrogens with one attached hydrogen (secondary N) is 2. The Morgan fingerprint density at radius 3 is 2.95 bits per heavy atom. The summed E-state index contributed by atoms with van der Waals surface area (Å²) < 4.78 is 0. The molecule has 0 bridgehead atoms. The standard InChI is InChI=1S/C16H18N2OS/c1-2-12(15-8-5-9-20-15)18-16(19)14-10-11-6-3-4-7-13(11)17-14/h3-9,12,14,17H,2,10H2,1H3,(H,18,19). The predicted molar refractivity (Wildman–Crippen MR) is 83.1 cm³/mol. The third kappa shape index (κ3) is 2.56. The molecule has 0 saturated carbocycles. The van der Waals surface area contributed by atoms with E-state index in [1.54, 1.807) is 11.3 Å². The molecule has 0 aliphatic carbocycles. The lowest BCUT2D eigenvalue weighted by atomic mass is 10.1. The van der Waals surface area contributed by atoms with Crippen LogP contribution in [0.5, 0.6) is 0 Å². The van der Waals surface area contributed by atoms with Crippen LogP contribution in [0, 0.1) is 0 Å². The number of carbonyl (C=O) groups is 1. The van der Waals surface area contributed by atoms with E-state index in [1.807, 2.05) is 29.6 Å². The summed E-state index contributed by atoms with van der Waals surface area (Å²) in [4.78, 5) is 13.6. The highest BCUT2D eigenvalue weighted by Crippen LogP contribution is 2.26. The molecule has 1 aromatic heterocycles. The Labute approximate surface area is 123 Å². The molecule has 2 aromatic rings. The normalized spacial score (nSPS) is 18.1. The van der Waals surface area contributed by atoms with Gasteiger partial charge < -0.3 is 10.6 Å². The molecule has 3 rings (SSSR count). The van der Waals surface area contributed by atoms with Crippen LogP contribution in [0.2, 0.25) is 0 Å². The molecule has 104 valence electrons. The van der Waals surface area contributed by atoms with Crippen LogP contribution >= 0.6 is 11.3 Å². The van der Waals surface area contributed by atoms with Gasteiger partial charge in [0.1, 0.15) is 6.04 Å². The van der Waals surface area contributed by atoms with E-state index in [0.29, 0.717) is 0 Å². The van der Waals surface area contributed by atoms with E-state index >= 15 is 0 Å². The zero-order chi connectivity index (χ0) is 13.9. The molecule has 3 nitrogen and oxygen atoms in total. The number of fused-ring (bicyclic) bond motifs is 1. The highest BCUT2D eigenvalue weighted by atomic mass is 32.1. The van der Waals surface area contributed by atoms with E-state index in [-0.39, 0.29) is 18.0 Å². The Bertz CT molecular complexity index is 569. The van der Waals surface area contributed by atoms with Crippen LogP contribution in [0.4, 0.5) is 5.69 Å². The van der Waals surface area contributed by atoms with Gasteiger partial charge in [-0.15, -0.1) is 11.3 Å². The summed E-state index contributed by atoms with van der Waals surface area (Å²) in [6.07, 6.45) is 1.68. The van der Waals surface area contributed by atoms with Gasteiger partial charge >= 0.3 is 0 Å². The van der Waals surface area contributed by atoms with Crippen LogP contribution in [0.3, 0.4) is 0 Å². The van der Waals surface area contributed by atoms with E-state index < -0.39 is 0 Å². The number of amides is 1. The summed E-state index contributed by atoms with van der Waals surface area (Å²) in [5.41, 5.74) is 2.30. The maximum Gasteiger partial charge on any atom is 0.243 e. The lowest BCUT2D eigenvalue weighted by molar-refractivity contribution is -0.122. The van der Waals surface area contributed by atoms with Gasteiger partial charge in [0.2, 0.25) is 5.91 Å². The molecular formula is C16H18N2OS. The molecule has 0 saturated heterocycles. The van der Waals surface area contributed by atoms with Crippen molar-refractivity contribution in [1.82, 2.24) is 5.32 Å². The molecule has 0 radical (unpaired) electrons. The second kappa shape index (κ2) is 5.67. The molecule has 2 atom stereocenters. The monoisotopic (exact) mass is 286 g/mol. The number of para-hydroxylation sites is 1. The lowest BCUT2D eigenvalue weighted by Gasteiger charge is -2.19. The average Bonchev–Trinajstić information content (AvgIpc) is 3.13. The minimum Gasteiger partial charge on any atom is -0.373 e. The van der Waals surface area contributed by atoms with Gasteiger partial charge in [0.05, 0.1) is 6.04 Å². The molecule has 2 heterocycles. The Hall–Kier alpha value is -1.81. The summed E-state index contributed by atoms with van der Waals surface area (Å²) in [7, 11) is 0. The minimum atomic E-state index is -0.151. The maximum atomic E-state index is 12.4. The molecule has 2 unspecified atom stereocenters. The summed E-state index contributed by atoms with van der Waals surface area (Å²) in [6.45, 7) is 2.10. The van der Waals surface area contributed by atoms with Crippen molar-refractivity contribution in [2.45, 2.75) is 31.8 Å². The van der Waals surface area contributed by atoms with E-state index in [9.17, 15) is 4.79 Å². The van der Waals surface area contributed by atoms with Crippen LogP contribution in [0.15, 0.2) is 41.8 Å². The molecule has 1 aliphatic rings. The van der Waals surface area contributed by atoms with Gasteiger partial charge in [0.15, 0.2) is 0 Å². The fraction of sp³-hybridized carbons (Fsp3) is 0.312. The number of anilines is 1. The Morgan fingerprint density at radius 2 is 2.25 bits per heavy atom. The summed E-state index contributed by atoms with van der Waals surface area (Å²) >= 11 is 1.69. The molecular weight excluding hydrogens is 268 g/mol. The zero-order valence-corrected chi connectivity index (χ0v) is 12.2. The first-order valence-electron chi connectivity index (χ1n) is 6.96. The second-order valence-electron chi connectivity index (χ2n) is 5.04. The molecule has 20 heavy (non-hydrogen) atoms. The topological polar surface area (TPSA) is 41.1 Å². The number of rotatable bonds is 4. The highest BCUT2D eigenvalue weighted by Gasteiger charge is 2.27. The first-order chi connectivity index (χ1) is 9.78. The molecule has 4 heteroatoms. The van der Waals surface area contributed by atoms with Crippen molar-refractivity contribution in [3.8, 4) is 0 Å². The van der Waals surface area contributed by atoms with E-state index in [0.717, 1.165) is 18.5 Å². The Kier molecular flexibility index (Phi) is 3.74. The quantitative estimate of drug-likeness (QED) is 0.905.